The second kappa shape index (κ2) is 5.51. The summed E-state index contributed by atoms with van der Waals surface area (Å²) in [7, 11) is -2.61. The Bertz CT molecular complexity index is 605. The van der Waals surface area contributed by atoms with E-state index in [2.05, 4.69) is 9.46 Å². The molecule has 20 heavy (non-hydrogen) atoms. The number of ether oxygens (including phenoxy) is 2. The monoisotopic (exact) mass is 299 g/mol. The van der Waals surface area contributed by atoms with Crippen molar-refractivity contribution in [1.29, 1.82) is 0 Å². The van der Waals surface area contributed by atoms with Gasteiger partial charge in [-0.25, -0.2) is 17.9 Å². The highest BCUT2D eigenvalue weighted by Crippen LogP contribution is 2.23. The third-order valence-corrected chi connectivity index (χ3v) is 4.88. The third-order valence-electron chi connectivity index (χ3n) is 3.18. The summed E-state index contributed by atoms with van der Waals surface area (Å²) in [4.78, 5) is 11.6. The minimum absolute atomic E-state index is 0.0185. The minimum Gasteiger partial charge on any atom is -0.465 e. The van der Waals surface area contributed by atoms with E-state index in [1.165, 1.54) is 19.2 Å². The SMILES string of the molecule is COC(=O)c1ccccc1S(=O)(=O)NC1(C)CCOC1. The number of rotatable bonds is 4. The van der Waals surface area contributed by atoms with Gasteiger partial charge in [0.2, 0.25) is 10.0 Å². The topological polar surface area (TPSA) is 81.7 Å². The zero-order valence-electron chi connectivity index (χ0n) is 11.4. The third kappa shape index (κ3) is 3.00. The standard InChI is InChI=1S/C13H17NO5S/c1-13(7-8-19-9-13)14-20(16,17)11-6-4-3-5-10(11)12(15)18-2/h3-6,14H,7-9H2,1-2H3. The molecule has 1 fully saturated rings. The van der Waals surface area contributed by atoms with Crippen LogP contribution in [-0.2, 0) is 19.5 Å². The highest BCUT2D eigenvalue weighted by atomic mass is 32.2. The molecule has 7 heteroatoms. The molecule has 2 rings (SSSR count). The molecule has 0 amide bonds. The van der Waals surface area contributed by atoms with Gasteiger partial charge in [0.15, 0.2) is 0 Å². The van der Waals surface area contributed by atoms with Crippen LogP contribution < -0.4 is 4.72 Å². The molecule has 1 N–H and O–H groups in total. The van der Waals surface area contributed by atoms with Crippen molar-refractivity contribution in [3.8, 4) is 0 Å². The fourth-order valence-electron chi connectivity index (χ4n) is 2.11. The molecular weight excluding hydrogens is 282 g/mol. The van der Waals surface area contributed by atoms with Crippen LogP contribution in [0.2, 0.25) is 0 Å². The van der Waals surface area contributed by atoms with Crippen LogP contribution in [0.1, 0.15) is 23.7 Å². The maximum atomic E-state index is 12.5. The lowest BCUT2D eigenvalue weighted by Gasteiger charge is -2.23. The van der Waals surface area contributed by atoms with Gasteiger partial charge in [-0.05, 0) is 25.5 Å². The van der Waals surface area contributed by atoms with Gasteiger partial charge in [0.05, 0.1) is 29.7 Å². The van der Waals surface area contributed by atoms with Gasteiger partial charge in [-0.3, -0.25) is 0 Å². The van der Waals surface area contributed by atoms with Gasteiger partial charge in [0.25, 0.3) is 0 Å². The van der Waals surface area contributed by atoms with Gasteiger partial charge in [0.1, 0.15) is 0 Å². The maximum Gasteiger partial charge on any atom is 0.339 e. The Balaban J connectivity index is 2.37. The summed E-state index contributed by atoms with van der Waals surface area (Å²) < 4.78 is 37.4. The lowest BCUT2D eigenvalue weighted by atomic mass is 10.0. The van der Waals surface area contributed by atoms with Crippen LogP contribution in [0.15, 0.2) is 29.2 Å². The Kier molecular flexibility index (Phi) is 4.12. The molecule has 1 unspecified atom stereocenters. The van der Waals surface area contributed by atoms with Gasteiger partial charge in [-0.2, -0.15) is 0 Å². The van der Waals surface area contributed by atoms with Crippen molar-refractivity contribution in [2.45, 2.75) is 23.8 Å². The van der Waals surface area contributed by atoms with Crippen LogP contribution >= 0.6 is 0 Å². The minimum atomic E-state index is -3.82. The van der Waals surface area contributed by atoms with E-state index in [1.807, 2.05) is 0 Å². The summed E-state index contributed by atoms with van der Waals surface area (Å²) in [6.45, 7) is 2.60. The zero-order chi connectivity index (χ0) is 14.8. The summed E-state index contributed by atoms with van der Waals surface area (Å²) in [5, 5.41) is 0. The number of hydrogen-bond donors (Lipinski definition) is 1. The highest BCUT2D eigenvalue weighted by Gasteiger charge is 2.35. The van der Waals surface area contributed by atoms with Gasteiger partial charge >= 0.3 is 5.97 Å². The van der Waals surface area contributed by atoms with Crippen LogP contribution in [0.5, 0.6) is 0 Å². The van der Waals surface area contributed by atoms with Crippen molar-refractivity contribution in [2.75, 3.05) is 20.3 Å². The van der Waals surface area contributed by atoms with Crippen molar-refractivity contribution in [3.05, 3.63) is 29.8 Å². The predicted molar refractivity (Wildman–Crippen MR) is 71.9 cm³/mol. The number of methoxy groups -OCH3 is 1. The highest BCUT2D eigenvalue weighted by molar-refractivity contribution is 7.89. The van der Waals surface area contributed by atoms with Crippen LogP contribution in [0.25, 0.3) is 0 Å². The number of hydrogen-bond acceptors (Lipinski definition) is 5. The first-order valence-electron chi connectivity index (χ1n) is 6.17. The molecule has 1 aliphatic rings. The Hall–Kier alpha value is -1.44. The molecule has 1 aromatic carbocycles. The molecule has 110 valence electrons. The molecule has 1 heterocycles. The average Bonchev–Trinajstić information content (AvgIpc) is 2.83. The first-order chi connectivity index (χ1) is 9.38. The fraction of sp³-hybridized carbons (Fsp3) is 0.462. The molecular formula is C13H17NO5S. The van der Waals surface area contributed by atoms with E-state index < -0.39 is 21.5 Å². The average molecular weight is 299 g/mol. The van der Waals surface area contributed by atoms with E-state index in [0.717, 1.165) is 0 Å². The van der Waals surface area contributed by atoms with Crippen molar-refractivity contribution in [2.24, 2.45) is 0 Å². The van der Waals surface area contributed by atoms with Gasteiger partial charge in [-0.1, -0.05) is 12.1 Å². The van der Waals surface area contributed by atoms with Crippen LogP contribution in [0.4, 0.5) is 0 Å². The van der Waals surface area contributed by atoms with E-state index in [0.29, 0.717) is 19.6 Å². The molecule has 1 aromatic rings. The summed E-state index contributed by atoms with van der Waals surface area (Å²) in [5.74, 6) is -0.682. The second-order valence-electron chi connectivity index (χ2n) is 4.96. The van der Waals surface area contributed by atoms with E-state index >= 15 is 0 Å². The Labute approximate surface area is 118 Å². The summed E-state index contributed by atoms with van der Waals surface area (Å²) in [6, 6.07) is 5.96. The summed E-state index contributed by atoms with van der Waals surface area (Å²) in [5.41, 5.74) is -0.632. The molecule has 1 saturated heterocycles. The van der Waals surface area contributed by atoms with Crippen molar-refractivity contribution >= 4 is 16.0 Å². The van der Waals surface area contributed by atoms with Crippen LogP contribution in [0.3, 0.4) is 0 Å². The van der Waals surface area contributed by atoms with E-state index in [-0.39, 0.29) is 10.5 Å². The normalized spacial score (nSPS) is 22.7. The Morgan fingerprint density at radius 3 is 2.70 bits per heavy atom. The Morgan fingerprint density at radius 1 is 1.40 bits per heavy atom. The number of carbonyl (C=O) groups excluding carboxylic acids is 1. The number of benzene rings is 1. The van der Waals surface area contributed by atoms with Gasteiger partial charge in [0, 0.05) is 6.61 Å². The summed E-state index contributed by atoms with van der Waals surface area (Å²) in [6.07, 6.45) is 0.590. The smallest absolute Gasteiger partial charge is 0.339 e. The molecule has 1 aliphatic heterocycles. The predicted octanol–water partition coefficient (Wildman–Crippen LogP) is 0.930. The molecule has 0 bridgehead atoms. The molecule has 0 spiro atoms. The first-order valence-corrected chi connectivity index (χ1v) is 7.65. The second-order valence-corrected chi connectivity index (χ2v) is 6.61. The summed E-state index contributed by atoms with van der Waals surface area (Å²) >= 11 is 0. The number of sulfonamides is 1. The largest absolute Gasteiger partial charge is 0.465 e. The van der Waals surface area contributed by atoms with E-state index in [4.69, 9.17) is 4.74 Å². The lowest BCUT2D eigenvalue weighted by molar-refractivity contribution is 0.0596. The number of esters is 1. The van der Waals surface area contributed by atoms with Gasteiger partial charge < -0.3 is 9.47 Å². The van der Waals surface area contributed by atoms with Crippen LogP contribution in [0, 0.1) is 0 Å². The van der Waals surface area contributed by atoms with Crippen molar-refractivity contribution in [3.63, 3.8) is 0 Å². The van der Waals surface area contributed by atoms with Crippen molar-refractivity contribution in [1.82, 2.24) is 4.72 Å². The lowest BCUT2D eigenvalue weighted by Crippen LogP contribution is -2.46. The van der Waals surface area contributed by atoms with Gasteiger partial charge in [-0.15, -0.1) is 0 Å². The molecule has 0 aliphatic carbocycles. The van der Waals surface area contributed by atoms with Crippen molar-refractivity contribution < 1.29 is 22.7 Å². The zero-order valence-corrected chi connectivity index (χ0v) is 12.2. The Morgan fingerprint density at radius 2 is 2.10 bits per heavy atom. The molecule has 1 atom stereocenters. The number of nitrogens with one attached hydrogen (secondary N) is 1. The molecule has 0 aromatic heterocycles. The van der Waals surface area contributed by atoms with E-state index in [9.17, 15) is 13.2 Å². The molecule has 0 saturated carbocycles. The quantitative estimate of drug-likeness (QED) is 0.836. The van der Waals surface area contributed by atoms with Crippen LogP contribution in [-0.4, -0.2) is 40.2 Å². The molecule has 6 nitrogen and oxygen atoms in total. The first kappa shape index (κ1) is 15.0. The molecule has 0 radical (unpaired) electrons. The number of carbonyl (C=O) groups is 1. The van der Waals surface area contributed by atoms with E-state index in [1.54, 1.807) is 19.1 Å². The fourth-order valence-corrected chi connectivity index (χ4v) is 3.72. The maximum absolute atomic E-state index is 12.5.